The van der Waals surface area contributed by atoms with Crippen molar-refractivity contribution in [2.45, 2.75) is 26.2 Å². The Kier molecular flexibility index (Phi) is 7.37. The lowest BCUT2D eigenvalue weighted by Gasteiger charge is -2.23. The van der Waals surface area contributed by atoms with Gasteiger partial charge < -0.3 is 5.32 Å². The molecule has 1 unspecified atom stereocenters. The van der Waals surface area contributed by atoms with Crippen LogP contribution in [0.3, 0.4) is 0 Å². The highest BCUT2D eigenvalue weighted by atomic mass is 19.1. The number of piperidine rings is 1. The molecule has 1 saturated heterocycles. The maximum Gasteiger partial charge on any atom is 0.144 e. The van der Waals surface area contributed by atoms with Crippen molar-refractivity contribution in [2.75, 3.05) is 20.1 Å². The maximum absolute atomic E-state index is 13.8. The average Bonchev–Trinajstić information content (AvgIpc) is 3.30. The molecule has 5 rings (SSSR count). The number of H-pyrrole nitrogens is 1. The van der Waals surface area contributed by atoms with Gasteiger partial charge in [-0.3, -0.25) is 10.1 Å². The van der Waals surface area contributed by atoms with Crippen molar-refractivity contribution in [1.29, 1.82) is 0 Å². The lowest BCUT2D eigenvalue weighted by molar-refractivity contribution is 0.428. The van der Waals surface area contributed by atoms with Crippen LogP contribution in [0.4, 0.5) is 4.39 Å². The number of aryl methyl sites for hydroxylation is 1. The molecular formula is C31H32FN5. The highest BCUT2D eigenvalue weighted by molar-refractivity contribution is 5.90. The zero-order chi connectivity index (χ0) is 25.8. The zero-order valence-electron chi connectivity index (χ0n) is 21.4. The molecule has 188 valence electrons. The fraction of sp³-hybridized carbons (Fsp3) is 0.258. The number of rotatable bonds is 6. The van der Waals surface area contributed by atoms with Gasteiger partial charge in [0.1, 0.15) is 5.82 Å². The number of aliphatic imine (C=N–C) groups is 1. The number of fused-ring (bicyclic) bond motifs is 1. The summed E-state index contributed by atoms with van der Waals surface area (Å²) in [5.74, 6) is 0.135. The summed E-state index contributed by atoms with van der Waals surface area (Å²) in [6.07, 6.45) is 15.8. The molecule has 5 nitrogen and oxygen atoms in total. The molecule has 1 aliphatic carbocycles. The summed E-state index contributed by atoms with van der Waals surface area (Å²) in [6, 6.07) is 9.54. The molecule has 2 aromatic heterocycles. The Morgan fingerprint density at radius 1 is 1.19 bits per heavy atom. The summed E-state index contributed by atoms with van der Waals surface area (Å²) < 4.78 is 13.8. The van der Waals surface area contributed by atoms with Crippen molar-refractivity contribution in [3.63, 3.8) is 0 Å². The molecule has 3 heterocycles. The van der Waals surface area contributed by atoms with E-state index in [4.69, 9.17) is 0 Å². The highest BCUT2D eigenvalue weighted by Gasteiger charge is 2.16. The molecule has 2 N–H and O–H groups in total. The molecule has 1 aliphatic heterocycles. The summed E-state index contributed by atoms with van der Waals surface area (Å²) in [5.41, 5.74) is 7.08. The van der Waals surface area contributed by atoms with Crippen LogP contribution in [0.1, 0.15) is 25.0 Å². The first-order valence-electron chi connectivity index (χ1n) is 12.8. The van der Waals surface area contributed by atoms with Crippen molar-refractivity contribution in [3.05, 3.63) is 93.9 Å². The number of benzene rings is 1. The van der Waals surface area contributed by atoms with Crippen molar-refractivity contribution in [3.8, 4) is 22.5 Å². The van der Waals surface area contributed by atoms with E-state index in [2.05, 4.69) is 74.6 Å². The van der Waals surface area contributed by atoms with Gasteiger partial charge in [0, 0.05) is 25.4 Å². The van der Waals surface area contributed by atoms with Crippen molar-refractivity contribution >= 4 is 18.4 Å². The van der Waals surface area contributed by atoms with E-state index in [0.29, 0.717) is 17.3 Å². The van der Waals surface area contributed by atoms with E-state index in [1.807, 2.05) is 6.21 Å². The van der Waals surface area contributed by atoms with E-state index < -0.39 is 0 Å². The van der Waals surface area contributed by atoms with E-state index in [0.717, 1.165) is 64.7 Å². The second-order valence-corrected chi connectivity index (χ2v) is 9.61. The van der Waals surface area contributed by atoms with Gasteiger partial charge in [-0.05, 0) is 96.1 Å². The van der Waals surface area contributed by atoms with Gasteiger partial charge in [0.05, 0.1) is 23.3 Å². The molecule has 0 saturated carbocycles. The summed E-state index contributed by atoms with van der Waals surface area (Å²) in [5, 5.41) is 13.1. The Hall–Kier alpha value is -3.90. The number of pyridine rings is 1. The molecule has 37 heavy (non-hydrogen) atoms. The molecule has 0 spiro atoms. The Labute approximate surface area is 217 Å². The molecule has 1 aromatic carbocycles. The van der Waals surface area contributed by atoms with Crippen LogP contribution in [-0.2, 0) is 0 Å². The minimum atomic E-state index is -0.318. The third kappa shape index (κ3) is 5.44. The minimum Gasteiger partial charge on any atom is -0.316 e. The lowest BCUT2D eigenvalue weighted by atomic mass is 9.90. The second kappa shape index (κ2) is 11.0. The minimum absolute atomic E-state index is 0.318. The number of nitrogens with zero attached hydrogens (tertiary/aromatic N) is 3. The molecule has 6 heteroatoms. The first kappa shape index (κ1) is 24.8. The first-order valence-corrected chi connectivity index (χ1v) is 12.8. The summed E-state index contributed by atoms with van der Waals surface area (Å²) in [6.45, 7) is 8.12. The van der Waals surface area contributed by atoms with Crippen LogP contribution >= 0.6 is 0 Å². The van der Waals surface area contributed by atoms with Gasteiger partial charge in [-0.25, -0.2) is 9.37 Å². The molecule has 1 atom stereocenters. The van der Waals surface area contributed by atoms with Crippen LogP contribution in [0.5, 0.6) is 0 Å². The van der Waals surface area contributed by atoms with Gasteiger partial charge in [0.2, 0.25) is 0 Å². The van der Waals surface area contributed by atoms with Crippen LogP contribution in [0.25, 0.3) is 34.7 Å². The number of aromatic nitrogens is 3. The smallest absolute Gasteiger partial charge is 0.144 e. The number of hydrogen-bond donors (Lipinski definition) is 2. The predicted molar refractivity (Wildman–Crippen MR) is 150 cm³/mol. The van der Waals surface area contributed by atoms with E-state index in [1.54, 1.807) is 26.2 Å². The largest absolute Gasteiger partial charge is 0.316 e. The first-order chi connectivity index (χ1) is 18.0. The monoisotopic (exact) mass is 493 g/mol. The standard InChI is InChI=1S/C31H32FN5/c1-20(25-8-5-13-34-18-25)14-27(17-33-3)23-7-4-6-22-9-10-24(16-26(22)15-23)28-19-35-37-31(28)30-12-11-29(32)21(2)36-30/h6-7,9-12,14-17,19,25,34H,1,4-5,8,13,18H2,2-3H3,(H,35,37)/b27-14+,33-17?. The van der Waals surface area contributed by atoms with Gasteiger partial charge in [-0.1, -0.05) is 36.4 Å². The van der Waals surface area contributed by atoms with Gasteiger partial charge in [-0.15, -0.1) is 0 Å². The summed E-state index contributed by atoms with van der Waals surface area (Å²) in [4.78, 5) is 8.77. The highest BCUT2D eigenvalue weighted by Crippen LogP contribution is 2.29. The van der Waals surface area contributed by atoms with E-state index >= 15 is 0 Å². The molecule has 2 aliphatic rings. The second-order valence-electron chi connectivity index (χ2n) is 9.61. The number of hydrogen-bond acceptors (Lipinski definition) is 4. The lowest BCUT2D eigenvalue weighted by Crippen LogP contribution is -2.30. The molecule has 0 amide bonds. The molecule has 0 radical (unpaired) electrons. The van der Waals surface area contributed by atoms with Crippen LogP contribution in [-0.4, -0.2) is 41.5 Å². The molecule has 3 aromatic rings. The molecule has 1 fully saturated rings. The fourth-order valence-corrected chi connectivity index (χ4v) is 5.00. The van der Waals surface area contributed by atoms with Crippen LogP contribution in [0.15, 0.2) is 77.0 Å². The van der Waals surface area contributed by atoms with Crippen LogP contribution in [0.2, 0.25) is 0 Å². The molecular weight excluding hydrogens is 461 g/mol. The van der Waals surface area contributed by atoms with Crippen molar-refractivity contribution in [1.82, 2.24) is 20.5 Å². The normalized spacial score (nSPS) is 18.0. The average molecular weight is 494 g/mol. The van der Waals surface area contributed by atoms with Gasteiger partial charge in [-0.2, -0.15) is 5.10 Å². The van der Waals surface area contributed by atoms with Gasteiger partial charge in [0.15, 0.2) is 0 Å². The third-order valence-corrected chi connectivity index (χ3v) is 7.06. The quantitative estimate of drug-likeness (QED) is 0.388. The SMILES string of the molecule is C=C(/C=C(\C=NC)C1=CCC=c2ccc(-c3cn[nH]c3-c3ccc(F)c(C)n3)cc2=C1)C1CCCNC1. The number of allylic oxidation sites excluding steroid dienone is 4. The van der Waals surface area contributed by atoms with Crippen molar-refractivity contribution < 1.29 is 4.39 Å². The summed E-state index contributed by atoms with van der Waals surface area (Å²) in [7, 11) is 1.81. The molecule has 0 bridgehead atoms. The Morgan fingerprint density at radius 3 is 2.86 bits per heavy atom. The third-order valence-electron chi connectivity index (χ3n) is 7.06. The van der Waals surface area contributed by atoms with E-state index in [9.17, 15) is 4.39 Å². The van der Waals surface area contributed by atoms with E-state index in [-0.39, 0.29) is 5.82 Å². The maximum atomic E-state index is 13.8. The Bertz CT molecular complexity index is 1530. The Balaban J connectivity index is 1.53. The zero-order valence-corrected chi connectivity index (χ0v) is 21.4. The van der Waals surface area contributed by atoms with Crippen molar-refractivity contribution in [2.24, 2.45) is 10.9 Å². The predicted octanol–water partition coefficient (Wildman–Crippen LogP) is 4.66. The van der Waals surface area contributed by atoms with Gasteiger partial charge in [0.25, 0.3) is 0 Å². The fourth-order valence-electron chi connectivity index (χ4n) is 5.00. The number of halogens is 1. The number of nitrogens with one attached hydrogen (secondary N) is 2. The van der Waals surface area contributed by atoms with E-state index in [1.165, 1.54) is 17.7 Å². The number of aromatic amines is 1. The van der Waals surface area contributed by atoms with Gasteiger partial charge >= 0.3 is 0 Å². The van der Waals surface area contributed by atoms with Crippen LogP contribution in [0, 0.1) is 18.7 Å². The topological polar surface area (TPSA) is 66.0 Å². The Morgan fingerprint density at radius 2 is 2.08 bits per heavy atom. The van der Waals surface area contributed by atoms with Crippen LogP contribution < -0.4 is 15.8 Å². The summed E-state index contributed by atoms with van der Waals surface area (Å²) >= 11 is 0.